The highest BCUT2D eigenvalue weighted by molar-refractivity contribution is 7.99. The summed E-state index contributed by atoms with van der Waals surface area (Å²) in [6, 6.07) is 0.167. The first-order valence-corrected chi connectivity index (χ1v) is 6.08. The van der Waals surface area contributed by atoms with Crippen LogP contribution in [0.25, 0.3) is 0 Å². The summed E-state index contributed by atoms with van der Waals surface area (Å²) in [5.74, 6) is 1.91. The predicted octanol–water partition coefficient (Wildman–Crippen LogP) is 1.61. The highest BCUT2D eigenvalue weighted by Gasteiger charge is 2.08. The summed E-state index contributed by atoms with van der Waals surface area (Å²) >= 11 is 1.86. The lowest BCUT2D eigenvalue weighted by Gasteiger charge is -2.12. The number of amides is 1. The molecule has 0 fully saturated rings. The Hall–Kier alpha value is -0.510. The fourth-order valence-corrected chi connectivity index (χ4v) is 1.84. The van der Waals surface area contributed by atoms with Crippen molar-refractivity contribution in [2.45, 2.75) is 39.7 Å². The van der Waals surface area contributed by atoms with Gasteiger partial charge in [-0.2, -0.15) is 11.8 Å². The maximum absolute atomic E-state index is 11.2. The molecule has 0 aliphatic rings. The van der Waals surface area contributed by atoms with E-state index in [1.165, 1.54) is 6.92 Å². The summed E-state index contributed by atoms with van der Waals surface area (Å²) in [5.41, 5.74) is 0. The number of carbonyl (C=O) groups excluding carboxylic acids is 2. The third kappa shape index (κ3) is 8.10. The fraction of sp³-hybridized carbons (Fsp3) is 0.800. The zero-order valence-corrected chi connectivity index (χ0v) is 9.95. The Kier molecular flexibility index (Phi) is 7.57. The van der Waals surface area contributed by atoms with Gasteiger partial charge in [-0.3, -0.25) is 9.59 Å². The second-order valence-electron chi connectivity index (χ2n) is 3.33. The van der Waals surface area contributed by atoms with Crippen LogP contribution >= 0.6 is 11.8 Å². The second-order valence-corrected chi connectivity index (χ2v) is 4.73. The Morgan fingerprint density at radius 1 is 1.43 bits per heavy atom. The summed E-state index contributed by atoms with van der Waals surface area (Å²) in [6.07, 6.45) is 0.966. The SMILES string of the molecule is CCSCCC(C)NC(=O)CC(C)=O. The van der Waals surface area contributed by atoms with Crippen molar-refractivity contribution in [3.05, 3.63) is 0 Å². The van der Waals surface area contributed by atoms with Crippen LogP contribution in [0.3, 0.4) is 0 Å². The van der Waals surface area contributed by atoms with Crippen LogP contribution in [0.4, 0.5) is 0 Å². The topological polar surface area (TPSA) is 46.2 Å². The minimum Gasteiger partial charge on any atom is -0.353 e. The Bertz CT molecular complexity index is 195. The van der Waals surface area contributed by atoms with Crippen molar-refractivity contribution in [1.82, 2.24) is 5.32 Å². The number of thioether (sulfide) groups is 1. The number of ketones is 1. The van der Waals surface area contributed by atoms with Crippen molar-refractivity contribution in [3.8, 4) is 0 Å². The fourth-order valence-electron chi connectivity index (χ4n) is 1.03. The highest BCUT2D eigenvalue weighted by atomic mass is 32.2. The van der Waals surface area contributed by atoms with Crippen molar-refractivity contribution < 1.29 is 9.59 Å². The number of hydrogen-bond acceptors (Lipinski definition) is 3. The van der Waals surface area contributed by atoms with Gasteiger partial charge in [-0.05, 0) is 31.8 Å². The summed E-state index contributed by atoms with van der Waals surface area (Å²) in [7, 11) is 0. The first-order valence-electron chi connectivity index (χ1n) is 4.92. The first-order chi connectivity index (χ1) is 6.56. The molecular formula is C10H19NO2S. The van der Waals surface area contributed by atoms with Crippen molar-refractivity contribution in [2.24, 2.45) is 0 Å². The molecule has 0 aromatic heterocycles. The van der Waals surface area contributed by atoms with Crippen LogP contribution < -0.4 is 5.32 Å². The van der Waals surface area contributed by atoms with Crippen molar-refractivity contribution >= 4 is 23.5 Å². The van der Waals surface area contributed by atoms with E-state index in [1.807, 2.05) is 18.7 Å². The van der Waals surface area contributed by atoms with Gasteiger partial charge >= 0.3 is 0 Å². The molecule has 82 valence electrons. The molecule has 1 amide bonds. The zero-order valence-electron chi connectivity index (χ0n) is 9.13. The predicted molar refractivity (Wildman–Crippen MR) is 60.5 cm³/mol. The Labute approximate surface area is 90.0 Å². The number of carbonyl (C=O) groups is 2. The smallest absolute Gasteiger partial charge is 0.227 e. The van der Waals surface area contributed by atoms with Gasteiger partial charge in [0.1, 0.15) is 5.78 Å². The minimum absolute atomic E-state index is 0.00522. The number of Topliss-reactive ketones (excluding diaryl/α,β-unsaturated/α-hetero) is 1. The molecule has 0 bridgehead atoms. The lowest BCUT2D eigenvalue weighted by atomic mass is 10.2. The molecule has 1 atom stereocenters. The molecule has 1 unspecified atom stereocenters. The quantitative estimate of drug-likeness (QED) is 0.520. The average Bonchev–Trinajstić information content (AvgIpc) is 2.02. The van der Waals surface area contributed by atoms with Crippen LogP contribution in [0.5, 0.6) is 0 Å². The van der Waals surface area contributed by atoms with E-state index in [2.05, 4.69) is 12.2 Å². The zero-order chi connectivity index (χ0) is 11.0. The van der Waals surface area contributed by atoms with Gasteiger partial charge in [0, 0.05) is 6.04 Å². The molecule has 0 radical (unpaired) electrons. The van der Waals surface area contributed by atoms with Gasteiger partial charge in [0.15, 0.2) is 0 Å². The van der Waals surface area contributed by atoms with Crippen molar-refractivity contribution in [2.75, 3.05) is 11.5 Å². The number of nitrogens with one attached hydrogen (secondary N) is 1. The standard InChI is InChI=1S/C10H19NO2S/c1-4-14-6-5-8(2)11-10(13)7-9(3)12/h8H,4-7H2,1-3H3,(H,11,13). The Balaban J connectivity index is 3.55. The molecule has 0 spiro atoms. The summed E-state index contributed by atoms with van der Waals surface area (Å²) in [5, 5.41) is 2.80. The minimum atomic E-state index is -0.161. The van der Waals surface area contributed by atoms with E-state index in [0.29, 0.717) is 0 Å². The normalized spacial score (nSPS) is 12.2. The molecule has 0 rings (SSSR count). The van der Waals surface area contributed by atoms with E-state index in [1.54, 1.807) is 0 Å². The van der Waals surface area contributed by atoms with E-state index in [9.17, 15) is 9.59 Å². The van der Waals surface area contributed by atoms with Crippen LogP contribution in [0, 0.1) is 0 Å². The second kappa shape index (κ2) is 7.85. The average molecular weight is 217 g/mol. The number of rotatable bonds is 7. The molecule has 0 saturated heterocycles. The van der Waals surface area contributed by atoms with Gasteiger partial charge in [0.2, 0.25) is 5.91 Å². The van der Waals surface area contributed by atoms with Crippen LogP contribution in [0.2, 0.25) is 0 Å². The van der Waals surface area contributed by atoms with Gasteiger partial charge < -0.3 is 5.32 Å². The van der Waals surface area contributed by atoms with E-state index < -0.39 is 0 Å². The molecule has 14 heavy (non-hydrogen) atoms. The van der Waals surface area contributed by atoms with Crippen molar-refractivity contribution in [1.29, 1.82) is 0 Å². The van der Waals surface area contributed by atoms with Crippen LogP contribution in [-0.2, 0) is 9.59 Å². The molecule has 0 saturated carbocycles. The third-order valence-corrected chi connectivity index (χ3v) is 2.65. The van der Waals surface area contributed by atoms with Gasteiger partial charge in [-0.25, -0.2) is 0 Å². The molecule has 3 nitrogen and oxygen atoms in total. The molecule has 0 aromatic carbocycles. The molecule has 0 aliphatic carbocycles. The summed E-state index contributed by atoms with van der Waals surface area (Å²) in [6.45, 7) is 5.51. The van der Waals surface area contributed by atoms with E-state index in [-0.39, 0.29) is 24.2 Å². The van der Waals surface area contributed by atoms with Crippen LogP contribution in [0.15, 0.2) is 0 Å². The van der Waals surface area contributed by atoms with Gasteiger partial charge in [0.25, 0.3) is 0 Å². The largest absolute Gasteiger partial charge is 0.353 e. The van der Waals surface area contributed by atoms with Crippen LogP contribution in [0.1, 0.15) is 33.6 Å². The van der Waals surface area contributed by atoms with E-state index in [0.717, 1.165) is 17.9 Å². The van der Waals surface area contributed by atoms with Gasteiger partial charge in [-0.15, -0.1) is 0 Å². The maximum atomic E-state index is 11.2. The molecule has 4 heteroatoms. The highest BCUT2D eigenvalue weighted by Crippen LogP contribution is 2.03. The molecule has 0 heterocycles. The third-order valence-electron chi connectivity index (χ3n) is 1.72. The summed E-state index contributed by atoms with van der Waals surface area (Å²) in [4.78, 5) is 21.8. The van der Waals surface area contributed by atoms with Crippen molar-refractivity contribution in [3.63, 3.8) is 0 Å². The Morgan fingerprint density at radius 2 is 2.07 bits per heavy atom. The molecule has 0 aromatic rings. The maximum Gasteiger partial charge on any atom is 0.227 e. The monoisotopic (exact) mass is 217 g/mol. The van der Waals surface area contributed by atoms with Crippen LogP contribution in [-0.4, -0.2) is 29.2 Å². The lowest BCUT2D eigenvalue weighted by molar-refractivity contribution is -0.127. The lowest BCUT2D eigenvalue weighted by Crippen LogP contribution is -2.33. The number of hydrogen-bond donors (Lipinski definition) is 1. The van der Waals surface area contributed by atoms with Gasteiger partial charge in [-0.1, -0.05) is 6.92 Å². The first kappa shape index (κ1) is 13.5. The van der Waals surface area contributed by atoms with Gasteiger partial charge in [0.05, 0.1) is 6.42 Å². The molecular weight excluding hydrogens is 198 g/mol. The molecule has 0 aliphatic heterocycles. The summed E-state index contributed by atoms with van der Waals surface area (Å²) < 4.78 is 0. The molecule has 1 N–H and O–H groups in total. The van der Waals surface area contributed by atoms with E-state index in [4.69, 9.17) is 0 Å². The van der Waals surface area contributed by atoms with E-state index >= 15 is 0 Å². The Morgan fingerprint density at radius 3 is 2.57 bits per heavy atom.